The Bertz CT molecular complexity index is 688. The Morgan fingerprint density at radius 1 is 1.14 bits per heavy atom. The lowest BCUT2D eigenvalue weighted by Gasteiger charge is -2.29. The third-order valence-electron chi connectivity index (χ3n) is 3.50. The van der Waals surface area contributed by atoms with Crippen LogP contribution in [0.2, 0.25) is 0 Å². The van der Waals surface area contributed by atoms with Crippen molar-refractivity contribution in [3.8, 4) is 0 Å². The van der Waals surface area contributed by atoms with Crippen LogP contribution in [0.4, 0.5) is 14.5 Å². The monoisotopic (exact) mass is 290 g/mol. The summed E-state index contributed by atoms with van der Waals surface area (Å²) in [6.45, 7) is 3.11. The molecule has 0 radical (unpaired) electrons. The fourth-order valence-corrected chi connectivity index (χ4v) is 2.01. The maximum Gasteiger partial charge on any atom is 0.247 e. The summed E-state index contributed by atoms with van der Waals surface area (Å²) in [6, 6.07) is 10.3. The van der Waals surface area contributed by atoms with Crippen LogP contribution < -0.4 is 11.1 Å². The molecule has 0 aliphatic heterocycles. The van der Waals surface area contributed by atoms with Gasteiger partial charge in [0.1, 0.15) is 17.2 Å². The second-order valence-electron chi connectivity index (χ2n) is 5.06. The topological polar surface area (TPSA) is 55.1 Å². The van der Waals surface area contributed by atoms with E-state index in [2.05, 4.69) is 5.32 Å². The van der Waals surface area contributed by atoms with E-state index in [1.807, 2.05) is 0 Å². The SMILES string of the molecule is Cc1ccc(C(C)(Nc2ccccc2F)C(N)=O)cc1F. The largest absolute Gasteiger partial charge is 0.367 e. The molecule has 2 aromatic rings. The molecule has 21 heavy (non-hydrogen) atoms. The zero-order valence-electron chi connectivity index (χ0n) is 11.8. The normalized spacial score (nSPS) is 13.5. The van der Waals surface area contributed by atoms with Gasteiger partial charge in [0.15, 0.2) is 0 Å². The summed E-state index contributed by atoms with van der Waals surface area (Å²) in [5.41, 5.74) is 4.94. The van der Waals surface area contributed by atoms with E-state index in [0.717, 1.165) is 0 Å². The van der Waals surface area contributed by atoms with E-state index >= 15 is 0 Å². The Balaban J connectivity index is 2.48. The standard InChI is InChI=1S/C16H16F2N2O/c1-10-7-8-11(9-13(10)18)16(2,15(19)21)20-14-6-4-3-5-12(14)17/h3-9,20H,1-2H3,(H2,19,21). The first-order valence-electron chi connectivity index (χ1n) is 6.44. The van der Waals surface area contributed by atoms with Crippen molar-refractivity contribution in [2.75, 3.05) is 5.32 Å². The Hall–Kier alpha value is -2.43. The fraction of sp³-hybridized carbons (Fsp3) is 0.188. The average Bonchev–Trinajstić information content (AvgIpc) is 2.44. The molecule has 0 saturated heterocycles. The van der Waals surface area contributed by atoms with Crippen LogP contribution in [0.25, 0.3) is 0 Å². The molecule has 0 saturated carbocycles. The number of hydrogen-bond acceptors (Lipinski definition) is 2. The third kappa shape index (κ3) is 2.86. The molecule has 0 bridgehead atoms. The minimum atomic E-state index is -1.42. The first kappa shape index (κ1) is 15.0. The van der Waals surface area contributed by atoms with E-state index in [0.29, 0.717) is 11.1 Å². The van der Waals surface area contributed by atoms with Crippen LogP contribution in [0, 0.1) is 18.6 Å². The van der Waals surface area contributed by atoms with Gasteiger partial charge in [0.25, 0.3) is 0 Å². The van der Waals surface area contributed by atoms with Crippen LogP contribution >= 0.6 is 0 Å². The summed E-state index contributed by atoms with van der Waals surface area (Å²) < 4.78 is 27.5. The number of benzene rings is 2. The van der Waals surface area contributed by atoms with Gasteiger partial charge in [-0.15, -0.1) is 0 Å². The van der Waals surface area contributed by atoms with Gasteiger partial charge < -0.3 is 11.1 Å². The smallest absolute Gasteiger partial charge is 0.247 e. The van der Waals surface area contributed by atoms with Gasteiger partial charge in [-0.25, -0.2) is 8.78 Å². The van der Waals surface area contributed by atoms with Crippen LogP contribution in [0.15, 0.2) is 42.5 Å². The third-order valence-corrected chi connectivity index (χ3v) is 3.50. The van der Waals surface area contributed by atoms with Gasteiger partial charge in [-0.1, -0.05) is 24.3 Å². The molecule has 110 valence electrons. The number of anilines is 1. The molecular weight excluding hydrogens is 274 g/mol. The summed E-state index contributed by atoms with van der Waals surface area (Å²) in [4.78, 5) is 11.8. The number of nitrogens with two attached hydrogens (primary N) is 1. The molecule has 5 heteroatoms. The van der Waals surface area contributed by atoms with Crippen molar-refractivity contribution in [3.05, 3.63) is 65.2 Å². The number of carbonyl (C=O) groups excluding carboxylic acids is 1. The van der Waals surface area contributed by atoms with Gasteiger partial charge in [0, 0.05) is 0 Å². The van der Waals surface area contributed by atoms with Gasteiger partial charge >= 0.3 is 0 Å². The zero-order valence-corrected chi connectivity index (χ0v) is 11.8. The molecule has 2 aromatic carbocycles. The lowest BCUT2D eigenvalue weighted by atomic mass is 9.90. The Kier molecular flexibility index (Phi) is 3.93. The van der Waals surface area contributed by atoms with Crippen molar-refractivity contribution in [1.82, 2.24) is 0 Å². The summed E-state index contributed by atoms with van der Waals surface area (Å²) in [5.74, 6) is -1.69. The zero-order chi connectivity index (χ0) is 15.6. The molecule has 2 rings (SSSR count). The lowest BCUT2D eigenvalue weighted by molar-refractivity contribution is -0.122. The molecule has 3 N–H and O–H groups in total. The summed E-state index contributed by atoms with van der Waals surface area (Å²) in [5, 5.41) is 2.77. The van der Waals surface area contributed by atoms with Crippen molar-refractivity contribution in [3.63, 3.8) is 0 Å². The molecule has 0 fully saturated rings. The van der Waals surface area contributed by atoms with Gasteiger partial charge in [-0.3, -0.25) is 4.79 Å². The van der Waals surface area contributed by atoms with E-state index in [-0.39, 0.29) is 5.69 Å². The maximum atomic E-state index is 13.8. The number of halogens is 2. The van der Waals surface area contributed by atoms with Gasteiger partial charge in [0.05, 0.1) is 5.69 Å². The summed E-state index contributed by atoms with van der Waals surface area (Å²) in [7, 11) is 0. The van der Waals surface area contributed by atoms with E-state index in [1.54, 1.807) is 25.1 Å². The molecule has 0 aromatic heterocycles. The molecule has 0 heterocycles. The van der Waals surface area contributed by atoms with Gasteiger partial charge in [0.2, 0.25) is 5.91 Å². The number of primary amides is 1. The predicted molar refractivity (Wildman–Crippen MR) is 77.7 cm³/mol. The Labute approximate surface area is 121 Å². The van der Waals surface area contributed by atoms with Gasteiger partial charge in [-0.2, -0.15) is 0 Å². The van der Waals surface area contributed by atoms with Crippen LogP contribution in [-0.4, -0.2) is 5.91 Å². The highest BCUT2D eigenvalue weighted by molar-refractivity contribution is 5.89. The molecule has 1 unspecified atom stereocenters. The fourth-order valence-electron chi connectivity index (χ4n) is 2.01. The van der Waals surface area contributed by atoms with Crippen molar-refractivity contribution < 1.29 is 13.6 Å². The highest BCUT2D eigenvalue weighted by Gasteiger charge is 2.34. The number of hydrogen-bond donors (Lipinski definition) is 2. The van der Waals surface area contributed by atoms with E-state index in [1.165, 1.54) is 31.2 Å². The maximum absolute atomic E-state index is 13.8. The van der Waals surface area contributed by atoms with Gasteiger partial charge in [-0.05, 0) is 43.2 Å². The summed E-state index contributed by atoms with van der Waals surface area (Å²) >= 11 is 0. The minimum Gasteiger partial charge on any atom is -0.367 e. The van der Waals surface area contributed by atoms with Crippen molar-refractivity contribution in [2.45, 2.75) is 19.4 Å². The van der Waals surface area contributed by atoms with E-state index in [4.69, 9.17) is 5.73 Å². The van der Waals surface area contributed by atoms with Crippen molar-refractivity contribution >= 4 is 11.6 Å². The number of amides is 1. The average molecular weight is 290 g/mol. The number of rotatable bonds is 4. The lowest BCUT2D eigenvalue weighted by Crippen LogP contribution is -2.45. The molecule has 1 amide bonds. The number of para-hydroxylation sites is 1. The molecule has 0 spiro atoms. The van der Waals surface area contributed by atoms with Crippen LogP contribution in [-0.2, 0) is 10.3 Å². The van der Waals surface area contributed by atoms with E-state index < -0.39 is 23.1 Å². The molecule has 0 aliphatic rings. The van der Waals surface area contributed by atoms with Crippen LogP contribution in [0.1, 0.15) is 18.1 Å². The first-order valence-corrected chi connectivity index (χ1v) is 6.44. The Morgan fingerprint density at radius 2 is 1.81 bits per heavy atom. The molecule has 0 aliphatic carbocycles. The number of nitrogens with one attached hydrogen (secondary N) is 1. The molecule has 3 nitrogen and oxygen atoms in total. The predicted octanol–water partition coefficient (Wildman–Crippen LogP) is 3.09. The van der Waals surface area contributed by atoms with Crippen molar-refractivity contribution in [1.29, 1.82) is 0 Å². The van der Waals surface area contributed by atoms with Crippen LogP contribution in [0.5, 0.6) is 0 Å². The van der Waals surface area contributed by atoms with Crippen molar-refractivity contribution in [2.24, 2.45) is 5.73 Å². The molecule has 1 atom stereocenters. The second-order valence-corrected chi connectivity index (χ2v) is 5.06. The Morgan fingerprint density at radius 3 is 2.38 bits per heavy atom. The number of aryl methyl sites for hydroxylation is 1. The first-order chi connectivity index (χ1) is 9.84. The highest BCUT2D eigenvalue weighted by atomic mass is 19.1. The second kappa shape index (κ2) is 5.52. The minimum absolute atomic E-state index is 0.125. The quantitative estimate of drug-likeness (QED) is 0.909. The number of carbonyl (C=O) groups is 1. The van der Waals surface area contributed by atoms with E-state index in [9.17, 15) is 13.6 Å². The summed E-state index contributed by atoms with van der Waals surface area (Å²) in [6.07, 6.45) is 0. The molecular formula is C16H16F2N2O. The van der Waals surface area contributed by atoms with Crippen LogP contribution in [0.3, 0.4) is 0 Å². The highest BCUT2D eigenvalue weighted by Crippen LogP contribution is 2.28.